The van der Waals surface area contributed by atoms with Gasteiger partial charge in [0.15, 0.2) is 29.9 Å². The van der Waals surface area contributed by atoms with Crippen LogP contribution in [-0.2, 0) is 17.8 Å². The van der Waals surface area contributed by atoms with Gasteiger partial charge < -0.3 is 29.2 Å². The van der Waals surface area contributed by atoms with Crippen molar-refractivity contribution in [2.24, 2.45) is 0 Å². The number of fused-ring (bicyclic) bond motifs is 4. The number of halogens is 4. The van der Waals surface area contributed by atoms with Crippen LogP contribution in [0.5, 0.6) is 17.5 Å². The Bertz CT molecular complexity index is 2770. The predicted octanol–water partition coefficient (Wildman–Crippen LogP) is 10.1. The number of rotatable bonds is 14. The Labute approximate surface area is 397 Å². The number of hydrogen-bond donors (Lipinski definition) is 1. The van der Waals surface area contributed by atoms with E-state index in [0.29, 0.717) is 43.6 Å². The highest BCUT2D eigenvalue weighted by Gasteiger charge is 2.49. The maximum absolute atomic E-state index is 18.3. The van der Waals surface area contributed by atoms with E-state index in [1.807, 2.05) is 18.7 Å². The Balaban J connectivity index is 1.37. The molecule has 2 saturated heterocycles. The minimum absolute atomic E-state index is 0.00519. The van der Waals surface area contributed by atoms with Gasteiger partial charge in [-0.15, -0.1) is 5.54 Å². The van der Waals surface area contributed by atoms with Gasteiger partial charge in [-0.25, -0.2) is 17.6 Å². The lowest BCUT2D eigenvalue weighted by molar-refractivity contribution is 0.0512. The Kier molecular flexibility index (Phi) is 14.1. The fourth-order valence-electron chi connectivity index (χ4n) is 11.2. The first kappa shape index (κ1) is 49.0. The first-order valence-electron chi connectivity index (χ1n) is 23.8. The van der Waals surface area contributed by atoms with Crippen molar-refractivity contribution in [2.75, 3.05) is 52.2 Å². The number of benzene rings is 3. The quantitative estimate of drug-likeness (QED) is 0.0499. The van der Waals surface area contributed by atoms with Crippen LogP contribution in [0.3, 0.4) is 0 Å². The summed E-state index contributed by atoms with van der Waals surface area (Å²) in [5.41, 5.74) is 3.74. The van der Waals surface area contributed by atoms with Crippen molar-refractivity contribution in [3.8, 4) is 40.1 Å². The van der Waals surface area contributed by atoms with E-state index in [2.05, 4.69) is 73.3 Å². The number of aryl methyl sites for hydroxylation is 1. The molecule has 0 aliphatic carbocycles. The fraction of sp³-hybridized carbons (Fsp3) is 0.529. The standard InChI is InChI=1S/C51H63F4N7O5Si/c1-29(2)56-49(63)40-22-35-26-60(17-12-19-62(35)59-40)48-43-46(57-50(58-48)66-27-51-16-11-18-61(51)25-34(52)24-51)44(54)42(45(55)47(43)65-10)38-23-36(67-28-64-9)21-33-13-14-39(53)37(41(33)38)15-20-68(30(3)4,31(5)6)32(7)8/h13-14,21-23,29-32,34H,11-12,16-19,24-28H2,1-10H3,(H,56,63)/t34-,51+/m1/s1. The number of carbonyl (C=O) groups excluding carboxylic acids is 1. The summed E-state index contributed by atoms with van der Waals surface area (Å²) in [7, 11) is 0.303. The van der Waals surface area contributed by atoms with E-state index < -0.39 is 42.8 Å². The molecule has 1 amide bonds. The van der Waals surface area contributed by atoms with Crippen molar-refractivity contribution < 1.29 is 41.3 Å². The van der Waals surface area contributed by atoms with Crippen molar-refractivity contribution in [2.45, 2.75) is 129 Å². The summed E-state index contributed by atoms with van der Waals surface area (Å²) in [6.45, 7) is 18.6. The van der Waals surface area contributed by atoms with Crippen molar-refractivity contribution in [3.63, 3.8) is 0 Å². The normalized spacial score (nSPS) is 18.7. The average Bonchev–Trinajstić information content (AvgIpc) is 3.92. The summed E-state index contributed by atoms with van der Waals surface area (Å²) >= 11 is 0. The Morgan fingerprint density at radius 2 is 1.68 bits per heavy atom. The molecule has 2 fully saturated rings. The molecule has 12 nitrogen and oxygen atoms in total. The van der Waals surface area contributed by atoms with Gasteiger partial charge in [-0.05, 0) is 85.9 Å². The van der Waals surface area contributed by atoms with E-state index >= 15 is 13.2 Å². The molecule has 8 rings (SSSR count). The number of alkyl halides is 1. The van der Waals surface area contributed by atoms with Gasteiger partial charge in [0.1, 0.15) is 43.8 Å². The molecule has 0 radical (unpaired) electrons. The van der Waals surface area contributed by atoms with E-state index in [4.69, 9.17) is 23.9 Å². The van der Waals surface area contributed by atoms with Crippen LogP contribution in [0.1, 0.15) is 103 Å². The molecule has 3 aliphatic heterocycles. The van der Waals surface area contributed by atoms with Crippen molar-refractivity contribution in [3.05, 3.63) is 64.7 Å². The SMILES string of the molecule is COCOc1cc(-c2c(F)c(OC)c3c(N4CCCn5nc(C(=O)NC(C)C)cc5C4)nc(OC[C@@]45CCCN4C[C@H](F)C5)nc3c2F)c2c(C#C[Si](C(C)C)(C(C)C)C(C)C)c(F)ccc2c1. The molecule has 5 heterocycles. The van der Waals surface area contributed by atoms with Gasteiger partial charge in [0.05, 0.1) is 41.4 Å². The molecule has 2 atom stereocenters. The topological polar surface area (TPSA) is 116 Å². The fourth-order valence-corrected chi connectivity index (χ4v) is 16.4. The Hall–Kier alpha value is -5.44. The Morgan fingerprint density at radius 1 is 0.926 bits per heavy atom. The largest absolute Gasteiger partial charge is 0.493 e. The number of carbonyl (C=O) groups is 1. The average molecular weight is 958 g/mol. The van der Waals surface area contributed by atoms with Crippen LogP contribution in [0.4, 0.5) is 23.4 Å². The molecule has 0 spiro atoms. The maximum atomic E-state index is 18.3. The molecule has 0 bridgehead atoms. The monoisotopic (exact) mass is 957 g/mol. The van der Waals surface area contributed by atoms with Crippen LogP contribution < -0.4 is 24.4 Å². The number of nitrogens with one attached hydrogen (secondary N) is 1. The number of nitrogens with zero attached hydrogens (tertiary/aromatic N) is 6. The minimum Gasteiger partial charge on any atom is -0.493 e. The first-order chi connectivity index (χ1) is 32.4. The lowest BCUT2D eigenvalue weighted by Crippen LogP contribution is -2.43. The first-order valence-corrected chi connectivity index (χ1v) is 26.0. The smallest absolute Gasteiger partial charge is 0.319 e. The van der Waals surface area contributed by atoms with E-state index in [0.717, 1.165) is 13.0 Å². The van der Waals surface area contributed by atoms with Crippen LogP contribution in [0.15, 0.2) is 30.3 Å². The zero-order chi connectivity index (χ0) is 48.8. The van der Waals surface area contributed by atoms with Gasteiger partial charge in [0.2, 0.25) is 0 Å². The molecule has 5 aromatic rings. The minimum atomic E-state index is -2.44. The summed E-state index contributed by atoms with van der Waals surface area (Å²) in [5, 5.41) is 8.04. The van der Waals surface area contributed by atoms with Gasteiger partial charge in [0.25, 0.3) is 5.91 Å². The molecular weight excluding hydrogens is 895 g/mol. The van der Waals surface area contributed by atoms with Crippen molar-refractivity contribution >= 4 is 41.5 Å². The number of amides is 1. The van der Waals surface area contributed by atoms with E-state index in [1.165, 1.54) is 32.4 Å². The second-order valence-electron chi connectivity index (χ2n) is 19.8. The van der Waals surface area contributed by atoms with Gasteiger partial charge in [-0.1, -0.05) is 53.5 Å². The number of aromatic nitrogens is 4. The van der Waals surface area contributed by atoms with Crippen molar-refractivity contribution in [1.29, 1.82) is 0 Å². The molecule has 3 aromatic carbocycles. The third-order valence-corrected chi connectivity index (χ3v) is 20.6. The van der Waals surface area contributed by atoms with Gasteiger partial charge in [-0.3, -0.25) is 14.4 Å². The highest BCUT2D eigenvalue weighted by molar-refractivity contribution is 6.90. The zero-order valence-corrected chi connectivity index (χ0v) is 41.8. The van der Waals surface area contributed by atoms with Crippen LogP contribution in [0.2, 0.25) is 16.6 Å². The molecule has 0 saturated carbocycles. The zero-order valence-electron chi connectivity index (χ0n) is 40.8. The number of anilines is 1. The third kappa shape index (κ3) is 8.88. The van der Waals surface area contributed by atoms with Crippen LogP contribution >= 0.6 is 0 Å². The second-order valence-corrected chi connectivity index (χ2v) is 25.4. The molecule has 68 heavy (non-hydrogen) atoms. The van der Waals surface area contributed by atoms with Gasteiger partial charge >= 0.3 is 6.01 Å². The van der Waals surface area contributed by atoms with E-state index in [-0.39, 0.29) is 111 Å². The lowest BCUT2D eigenvalue weighted by Gasteiger charge is -2.38. The van der Waals surface area contributed by atoms with E-state index in [1.54, 1.807) is 16.8 Å². The molecule has 1 N–H and O–H groups in total. The molecular formula is C51H63F4N7O5Si. The second kappa shape index (κ2) is 19.5. The number of ether oxygens (including phenoxy) is 4. The number of methoxy groups -OCH3 is 2. The molecule has 0 unspecified atom stereocenters. The molecule has 364 valence electrons. The summed E-state index contributed by atoms with van der Waals surface area (Å²) in [6, 6.07) is 7.37. The maximum Gasteiger partial charge on any atom is 0.319 e. The van der Waals surface area contributed by atoms with Crippen LogP contribution in [-0.4, -0.2) is 104 Å². The third-order valence-electron chi connectivity index (χ3n) is 14.3. The van der Waals surface area contributed by atoms with Crippen LogP contribution in [0.25, 0.3) is 32.8 Å². The van der Waals surface area contributed by atoms with Gasteiger partial charge in [0, 0.05) is 50.2 Å². The van der Waals surface area contributed by atoms with E-state index in [9.17, 15) is 9.18 Å². The van der Waals surface area contributed by atoms with Crippen molar-refractivity contribution in [1.82, 2.24) is 30.0 Å². The van der Waals surface area contributed by atoms with Crippen LogP contribution in [0, 0.1) is 28.9 Å². The predicted molar refractivity (Wildman–Crippen MR) is 258 cm³/mol. The highest BCUT2D eigenvalue weighted by atomic mass is 28.3. The highest BCUT2D eigenvalue weighted by Crippen LogP contribution is 2.48. The lowest BCUT2D eigenvalue weighted by atomic mass is 9.92. The van der Waals surface area contributed by atoms with Gasteiger partial charge in [-0.2, -0.15) is 15.1 Å². The summed E-state index contributed by atoms with van der Waals surface area (Å²) in [5.74, 6) is 0.129. The molecule has 17 heteroatoms. The molecule has 2 aromatic heterocycles. The summed E-state index contributed by atoms with van der Waals surface area (Å²) < 4.78 is 92.9. The summed E-state index contributed by atoms with van der Waals surface area (Å²) in [4.78, 5) is 26.6. The summed E-state index contributed by atoms with van der Waals surface area (Å²) in [6.07, 6.45) is 1.37. The Morgan fingerprint density at radius 3 is 2.37 bits per heavy atom. The number of hydrogen-bond acceptors (Lipinski definition) is 10. The molecule has 3 aliphatic rings.